The maximum absolute atomic E-state index is 4.09. The second-order valence-corrected chi connectivity index (χ2v) is 10.4. The summed E-state index contributed by atoms with van der Waals surface area (Å²) >= 11 is 0. The van der Waals surface area contributed by atoms with Gasteiger partial charge in [-0.25, -0.2) is 0 Å². The molecule has 6 heteroatoms. The van der Waals surface area contributed by atoms with E-state index in [0.717, 1.165) is 31.2 Å². The van der Waals surface area contributed by atoms with Gasteiger partial charge >= 0.3 is 0 Å². The highest BCUT2D eigenvalue weighted by atomic mass is 79.9. The molecule has 0 aliphatic heterocycles. The highest BCUT2D eigenvalue weighted by Crippen LogP contribution is 2.55. The smallest absolute Gasteiger partial charge is 0.174 e. The molecule has 0 unspecified atom stereocenters. The molecule has 0 amide bonds. The molecule has 3 aromatic carbocycles. The van der Waals surface area contributed by atoms with E-state index in [-0.39, 0.29) is 17.0 Å². The van der Waals surface area contributed by atoms with Gasteiger partial charge in [0.25, 0.3) is 0 Å². The number of nitrogens with one attached hydrogen (secondary N) is 1. The maximum Gasteiger partial charge on any atom is 0.174 e. The van der Waals surface area contributed by atoms with Crippen LogP contribution in [0.2, 0.25) is 0 Å². The van der Waals surface area contributed by atoms with Gasteiger partial charge in [0.1, 0.15) is 23.2 Å². The van der Waals surface area contributed by atoms with Crippen LogP contribution >= 0.6 is 7.26 Å². The zero-order valence-electron chi connectivity index (χ0n) is 16.2. The first-order valence-electron chi connectivity index (χ1n) is 9.67. The van der Waals surface area contributed by atoms with Crippen LogP contribution in [0.15, 0.2) is 91.0 Å². The molecular formula is C23H24BrN4P. The number of tetrazole rings is 1. The number of aromatic nitrogens is 4. The van der Waals surface area contributed by atoms with Crippen LogP contribution in [0.3, 0.4) is 0 Å². The zero-order chi connectivity index (χ0) is 19.1. The summed E-state index contributed by atoms with van der Waals surface area (Å²) in [7, 11) is -1.72. The Morgan fingerprint density at radius 3 is 1.55 bits per heavy atom. The van der Waals surface area contributed by atoms with Gasteiger partial charge in [0.2, 0.25) is 0 Å². The predicted molar refractivity (Wildman–Crippen MR) is 117 cm³/mol. The minimum absolute atomic E-state index is 0. The van der Waals surface area contributed by atoms with Crippen LogP contribution in [0.1, 0.15) is 18.7 Å². The zero-order valence-corrected chi connectivity index (χ0v) is 18.6. The number of rotatable bonds is 8. The van der Waals surface area contributed by atoms with Crippen molar-refractivity contribution in [2.24, 2.45) is 0 Å². The third kappa shape index (κ3) is 4.80. The molecule has 0 aliphatic rings. The Hall–Kier alpha value is -2.36. The van der Waals surface area contributed by atoms with E-state index < -0.39 is 7.26 Å². The average Bonchev–Trinajstić information content (AvgIpc) is 3.30. The Morgan fingerprint density at radius 1 is 0.655 bits per heavy atom. The Balaban J connectivity index is 0.00000240. The lowest BCUT2D eigenvalue weighted by Gasteiger charge is -2.27. The molecule has 0 saturated carbocycles. The number of hydrogen-bond donors (Lipinski definition) is 1. The number of nitrogens with zero attached hydrogens (tertiary/aromatic N) is 3. The van der Waals surface area contributed by atoms with E-state index in [1.54, 1.807) is 0 Å². The molecule has 0 bridgehead atoms. The average molecular weight is 467 g/mol. The van der Waals surface area contributed by atoms with Gasteiger partial charge in [-0.2, -0.15) is 5.21 Å². The minimum Gasteiger partial charge on any atom is -1.00 e. The van der Waals surface area contributed by atoms with E-state index in [2.05, 4.69) is 112 Å². The normalized spacial score (nSPS) is 11.0. The third-order valence-corrected chi connectivity index (χ3v) is 9.65. The van der Waals surface area contributed by atoms with Gasteiger partial charge in [-0.15, -0.1) is 10.2 Å². The number of unbranched alkanes of at least 4 members (excludes halogenated alkanes) is 1. The van der Waals surface area contributed by atoms with Crippen molar-refractivity contribution < 1.29 is 17.0 Å². The summed E-state index contributed by atoms with van der Waals surface area (Å²) in [6.45, 7) is 0. The van der Waals surface area contributed by atoms with Crippen LogP contribution in [-0.2, 0) is 6.42 Å². The largest absolute Gasteiger partial charge is 1.00 e. The monoisotopic (exact) mass is 466 g/mol. The number of halogens is 1. The number of aromatic amines is 1. The molecule has 4 nitrogen and oxygen atoms in total. The van der Waals surface area contributed by atoms with E-state index in [1.807, 2.05) is 0 Å². The summed E-state index contributed by atoms with van der Waals surface area (Å²) in [4.78, 5) is 0. The Kier molecular flexibility index (Phi) is 7.68. The van der Waals surface area contributed by atoms with Crippen molar-refractivity contribution in [3.05, 3.63) is 96.8 Å². The molecule has 0 saturated heterocycles. The van der Waals surface area contributed by atoms with Crippen molar-refractivity contribution in [3.8, 4) is 0 Å². The highest BCUT2D eigenvalue weighted by molar-refractivity contribution is 7.95. The maximum atomic E-state index is 4.09. The van der Waals surface area contributed by atoms with Crippen LogP contribution in [0.25, 0.3) is 0 Å². The minimum atomic E-state index is -1.72. The van der Waals surface area contributed by atoms with E-state index in [1.165, 1.54) is 15.9 Å². The van der Waals surface area contributed by atoms with Crippen molar-refractivity contribution in [1.29, 1.82) is 0 Å². The summed E-state index contributed by atoms with van der Waals surface area (Å²) < 4.78 is 0. The van der Waals surface area contributed by atoms with Crippen LogP contribution in [0.4, 0.5) is 0 Å². The standard InChI is InChI=1S/C23H24N4P.BrH/c1-4-12-20(13-5-1)28(21-14-6-2-7-15-21,22-16-8-3-9-17-22)19-11-10-18-23-24-26-27-25-23;/h1-9,12-17H,10-11,18-19H2,(H,24,25,26,27);1H/q+1;/p-1. The summed E-state index contributed by atoms with van der Waals surface area (Å²) in [5.41, 5.74) is 0. The van der Waals surface area contributed by atoms with Crippen LogP contribution in [0.5, 0.6) is 0 Å². The van der Waals surface area contributed by atoms with Gasteiger partial charge in [-0.05, 0) is 49.2 Å². The van der Waals surface area contributed by atoms with Crippen LogP contribution in [0, 0.1) is 0 Å². The van der Waals surface area contributed by atoms with Gasteiger partial charge in [0.05, 0.1) is 6.16 Å². The van der Waals surface area contributed by atoms with Gasteiger partial charge in [0, 0.05) is 6.42 Å². The van der Waals surface area contributed by atoms with E-state index >= 15 is 0 Å². The summed E-state index contributed by atoms with van der Waals surface area (Å²) in [6, 6.07) is 33.1. The molecule has 0 aliphatic carbocycles. The molecule has 0 fully saturated rings. The quantitative estimate of drug-likeness (QED) is 0.304. The molecular weight excluding hydrogens is 443 g/mol. The first kappa shape index (κ1) is 21.4. The fraction of sp³-hybridized carbons (Fsp3) is 0.174. The van der Waals surface area contributed by atoms with Gasteiger partial charge in [-0.1, -0.05) is 59.8 Å². The first-order chi connectivity index (χ1) is 13.9. The highest BCUT2D eigenvalue weighted by Gasteiger charge is 2.44. The Morgan fingerprint density at radius 2 is 1.14 bits per heavy atom. The van der Waals surface area contributed by atoms with Crippen LogP contribution < -0.4 is 32.9 Å². The molecule has 4 aromatic rings. The number of hydrogen-bond acceptors (Lipinski definition) is 3. The molecule has 0 radical (unpaired) electrons. The molecule has 1 heterocycles. The molecule has 4 rings (SSSR count). The van der Waals surface area contributed by atoms with Crippen molar-refractivity contribution in [3.63, 3.8) is 0 Å². The third-order valence-electron chi connectivity index (χ3n) is 5.12. The fourth-order valence-electron chi connectivity index (χ4n) is 3.80. The summed E-state index contributed by atoms with van der Waals surface area (Å²) in [6.07, 6.45) is 4.15. The second-order valence-electron chi connectivity index (χ2n) is 6.83. The number of benzene rings is 3. The Bertz CT molecular complexity index is 867. The molecule has 1 aromatic heterocycles. The molecule has 148 valence electrons. The summed E-state index contributed by atoms with van der Waals surface area (Å²) in [5.74, 6) is 0.795. The van der Waals surface area contributed by atoms with Crippen molar-refractivity contribution in [1.82, 2.24) is 20.6 Å². The lowest BCUT2D eigenvalue weighted by Crippen LogP contribution is -3.00. The van der Waals surface area contributed by atoms with Crippen molar-refractivity contribution in [2.45, 2.75) is 19.3 Å². The SMILES string of the molecule is [Br-].c1ccc([P+](CCCCc2nn[nH]n2)(c2ccccc2)c2ccccc2)cc1. The Labute approximate surface area is 182 Å². The predicted octanol–water partition coefficient (Wildman–Crippen LogP) is 0.521. The van der Waals surface area contributed by atoms with Crippen molar-refractivity contribution in [2.75, 3.05) is 6.16 Å². The van der Waals surface area contributed by atoms with Gasteiger partial charge in [0.15, 0.2) is 5.82 Å². The number of aryl methyl sites for hydroxylation is 1. The van der Waals surface area contributed by atoms with E-state index in [4.69, 9.17) is 0 Å². The molecule has 29 heavy (non-hydrogen) atoms. The lowest BCUT2D eigenvalue weighted by atomic mass is 10.2. The molecule has 0 spiro atoms. The lowest BCUT2D eigenvalue weighted by molar-refractivity contribution is -0.00000574. The molecule has 1 N–H and O–H groups in total. The van der Waals surface area contributed by atoms with Gasteiger partial charge in [-0.3, -0.25) is 0 Å². The first-order valence-corrected chi connectivity index (χ1v) is 11.6. The fourth-order valence-corrected chi connectivity index (χ4v) is 8.21. The second kappa shape index (κ2) is 10.4. The van der Waals surface area contributed by atoms with Crippen molar-refractivity contribution >= 4 is 23.2 Å². The van der Waals surface area contributed by atoms with Gasteiger partial charge < -0.3 is 17.0 Å². The topological polar surface area (TPSA) is 54.5 Å². The number of H-pyrrole nitrogens is 1. The van der Waals surface area contributed by atoms with E-state index in [9.17, 15) is 0 Å². The summed E-state index contributed by atoms with van der Waals surface area (Å²) in [5, 5.41) is 18.7. The van der Waals surface area contributed by atoms with Crippen LogP contribution in [-0.4, -0.2) is 26.8 Å². The molecule has 0 atom stereocenters. The van der Waals surface area contributed by atoms with E-state index in [0.29, 0.717) is 0 Å².